The number of imidazole rings is 1. The fourth-order valence-electron chi connectivity index (χ4n) is 2.04. The predicted octanol–water partition coefficient (Wildman–Crippen LogP) is 1.24. The van der Waals surface area contributed by atoms with Crippen LogP contribution in [-0.2, 0) is 21.9 Å². The standard InChI is InChI=1S/C13H14N6O3S2/c1-8-12(23-13(16-8)17-9(2)20)10-4-15-19(5-10)24(21,22)11-6-18(3)7-14-11/h4-7H,1-3H3,(H,16,17,20). The van der Waals surface area contributed by atoms with Gasteiger partial charge in [0.15, 0.2) is 10.2 Å². The minimum Gasteiger partial charge on any atom is -0.339 e. The minimum absolute atomic E-state index is 0.0837. The van der Waals surface area contributed by atoms with Gasteiger partial charge in [-0.3, -0.25) is 4.79 Å². The molecule has 0 aliphatic heterocycles. The third-order valence-corrected chi connectivity index (χ3v) is 5.65. The lowest BCUT2D eigenvalue weighted by Crippen LogP contribution is -2.13. The summed E-state index contributed by atoms with van der Waals surface area (Å²) in [5, 5.41) is 6.91. The maximum absolute atomic E-state index is 12.5. The van der Waals surface area contributed by atoms with Crippen LogP contribution in [-0.4, -0.2) is 38.0 Å². The zero-order valence-corrected chi connectivity index (χ0v) is 14.7. The lowest BCUT2D eigenvalue weighted by Gasteiger charge is -1.99. The van der Waals surface area contributed by atoms with E-state index in [2.05, 4.69) is 20.4 Å². The van der Waals surface area contributed by atoms with Crippen molar-refractivity contribution in [2.24, 2.45) is 7.05 Å². The maximum atomic E-state index is 12.5. The van der Waals surface area contributed by atoms with Gasteiger partial charge in [-0.2, -0.15) is 17.6 Å². The van der Waals surface area contributed by atoms with Crippen molar-refractivity contribution in [3.8, 4) is 10.4 Å². The molecular formula is C13H14N6O3S2. The highest BCUT2D eigenvalue weighted by Crippen LogP contribution is 2.32. The topological polar surface area (TPSA) is 112 Å². The molecule has 0 radical (unpaired) electrons. The van der Waals surface area contributed by atoms with Gasteiger partial charge in [0.1, 0.15) is 0 Å². The molecule has 3 rings (SSSR count). The summed E-state index contributed by atoms with van der Waals surface area (Å²) in [5.74, 6) is -0.219. The summed E-state index contributed by atoms with van der Waals surface area (Å²) < 4.78 is 27.4. The first-order valence-electron chi connectivity index (χ1n) is 6.81. The molecule has 0 atom stereocenters. The van der Waals surface area contributed by atoms with Crippen molar-refractivity contribution in [2.75, 3.05) is 5.32 Å². The van der Waals surface area contributed by atoms with Crippen LogP contribution in [0.4, 0.5) is 5.13 Å². The van der Waals surface area contributed by atoms with Crippen molar-refractivity contribution in [1.82, 2.24) is 23.7 Å². The number of aromatic nitrogens is 5. The fraction of sp³-hybridized carbons (Fsp3) is 0.231. The fourth-order valence-corrected chi connectivity index (χ4v) is 4.12. The lowest BCUT2D eigenvalue weighted by molar-refractivity contribution is -0.114. The van der Waals surface area contributed by atoms with Crippen LogP contribution in [0.2, 0.25) is 0 Å². The van der Waals surface area contributed by atoms with E-state index in [9.17, 15) is 13.2 Å². The summed E-state index contributed by atoms with van der Waals surface area (Å²) in [6.07, 6.45) is 5.66. The van der Waals surface area contributed by atoms with Gasteiger partial charge in [-0.1, -0.05) is 11.3 Å². The molecule has 0 aliphatic rings. The largest absolute Gasteiger partial charge is 0.339 e. The van der Waals surface area contributed by atoms with Gasteiger partial charge in [0.25, 0.3) is 0 Å². The number of anilines is 1. The van der Waals surface area contributed by atoms with E-state index in [1.807, 2.05) is 0 Å². The molecule has 0 saturated carbocycles. The summed E-state index contributed by atoms with van der Waals surface area (Å²) in [7, 11) is -2.16. The average molecular weight is 366 g/mol. The Morgan fingerprint density at radius 1 is 1.33 bits per heavy atom. The van der Waals surface area contributed by atoms with E-state index in [1.54, 1.807) is 18.5 Å². The molecule has 0 aliphatic carbocycles. The summed E-state index contributed by atoms with van der Waals surface area (Å²) >= 11 is 1.25. The third kappa shape index (κ3) is 2.95. The van der Waals surface area contributed by atoms with E-state index in [0.717, 1.165) is 8.96 Å². The Labute approximate surface area is 142 Å². The average Bonchev–Trinajstić information content (AvgIpc) is 3.18. The second-order valence-corrected chi connectivity index (χ2v) is 7.84. The summed E-state index contributed by atoms with van der Waals surface area (Å²) in [6.45, 7) is 3.18. The van der Waals surface area contributed by atoms with Gasteiger partial charge in [0.05, 0.1) is 29.3 Å². The molecule has 3 aromatic rings. The molecule has 11 heteroatoms. The lowest BCUT2D eigenvalue weighted by atomic mass is 10.2. The van der Waals surface area contributed by atoms with E-state index >= 15 is 0 Å². The Morgan fingerprint density at radius 2 is 2.08 bits per heavy atom. The molecule has 0 aromatic carbocycles. The van der Waals surface area contributed by atoms with Gasteiger partial charge < -0.3 is 9.88 Å². The highest BCUT2D eigenvalue weighted by atomic mass is 32.2. The third-order valence-electron chi connectivity index (χ3n) is 3.09. The first-order valence-corrected chi connectivity index (χ1v) is 9.06. The Bertz CT molecular complexity index is 1010. The molecule has 0 fully saturated rings. The number of rotatable bonds is 4. The van der Waals surface area contributed by atoms with Crippen LogP contribution in [0.1, 0.15) is 12.6 Å². The molecule has 0 saturated heterocycles. The van der Waals surface area contributed by atoms with E-state index in [1.165, 1.54) is 43.2 Å². The number of carbonyl (C=O) groups excluding carboxylic acids is 1. The molecule has 3 aromatic heterocycles. The predicted molar refractivity (Wildman–Crippen MR) is 88.2 cm³/mol. The number of carbonyl (C=O) groups is 1. The van der Waals surface area contributed by atoms with Crippen molar-refractivity contribution in [3.63, 3.8) is 0 Å². The van der Waals surface area contributed by atoms with Gasteiger partial charge in [0, 0.05) is 25.7 Å². The van der Waals surface area contributed by atoms with Gasteiger partial charge in [0.2, 0.25) is 5.91 Å². The number of nitrogens with one attached hydrogen (secondary N) is 1. The molecule has 1 N–H and O–H groups in total. The normalized spacial score (nSPS) is 11.6. The molecule has 3 heterocycles. The molecule has 0 unspecified atom stereocenters. The van der Waals surface area contributed by atoms with E-state index in [-0.39, 0.29) is 10.9 Å². The van der Waals surface area contributed by atoms with Crippen LogP contribution in [0.15, 0.2) is 29.9 Å². The van der Waals surface area contributed by atoms with Crippen LogP contribution in [0, 0.1) is 6.92 Å². The Kier molecular flexibility index (Phi) is 3.97. The number of amides is 1. The summed E-state index contributed by atoms with van der Waals surface area (Å²) in [5.41, 5.74) is 1.28. The number of aryl methyl sites for hydroxylation is 2. The summed E-state index contributed by atoms with van der Waals surface area (Å²) in [6, 6.07) is 0. The number of hydrogen-bond acceptors (Lipinski definition) is 7. The van der Waals surface area contributed by atoms with E-state index in [4.69, 9.17) is 0 Å². The Hall–Kier alpha value is -2.53. The second-order valence-electron chi connectivity index (χ2n) is 5.10. The van der Waals surface area contributed by atoms with Crippen LogP contribution in [0.3, 0.4) is 0 Å². The smallest absolute Gasteiger partial charge is 0.301 e. The second kappa shape index (κ2) is 5.83. The van der Waals surface area contributed by atoms with Crippen LogP contribution in [0.25, 0.3) is 10.4 Å². The zero-order chi connectivity index (χ0) is 17.5. The van der Waals surface area contributed by atoms with E-state index < -0.39 is 10.0 Å². The number of nitrogens with zero attached hydrogens (tertiary/aromatic N) is 5. The highest BCUT2D eigenvalue weighted by Gasteiger charge is 2.22. The van der Waals surface area contributed by atoms with Gasteiger partial charge in [-0.05, 0) is 6.92 Å². The van der Waals surface area contributed by atoms with Crippen molar-refractivity contribution >= 4 is 32.4 Å². The first kappa shape index (κ1) is 16.3. The Balaban J connectivity index is 1.97. The molecule has 126 valence electrons. The summed E-state index contributed by atoms with van der Waals surface area (Å²) in [4.78, 5) is 20.0. The van der Waals surface area contributed by atoms with Crippen molar-refractivity contribution in [3.05, 3.63) is 30.6 Å². The first-order chi connectivity index (χ1) is 11.3. The highest BCUT2D eigenvalue weighted by molar-refractivity contribution is 7.89. The van der Waals surface area contributed by atoms with Gasteiger partial charge in [-0.25, -0.2) is 9.97 Å². The van der Waals surface area contributed by atoms with Crippen molar-refractivity contribution in [2.45, 2.75) is 18.9 Å². The molecule has 24 heavy (non-hydrogen) atoms. The van der Waals surface area contributed by atoms with Crippen molar-refractivity contribution < 1.29 is 13.2 Å². The zero-order valence-electron chi connectivity index (χ0n) is 13.1. The van der Waals surface area contributed by atoms with E-state index in [0.29, 0.717) is 16.4 Å². The van der Waals surface area contributed by atoms with Crippen LogP contribution < -0.4 is 5.32 Å². The molecule has 9 nitrogen and oxygen atoms in total. The molecule has 0 spiro atoms. The van der Waals surface area contributed by atoms with Crippen LogP contribution in [0.5, 0.6) is 0 Å². The monoisotopic (exact) mass is 366 g/mol. The van der Waals surface area contributed by atoms with Gasteiger partial charge >= 0.3 is 10.0 Å². The molecule has 0 bridgehead atoms. The quantitative estimate of drug-likeness (QED) is 0.743. The molecule has 1 amide bonds. The number of thiazole rings is 1. The molecular weight excluding hydrogens is 352 g/mol. The minimum atomic E-state index is -3.84. The maximum Gasteiger partial charge on any atom is 0.301 e. The number of hydrogen-bond donors (Lipinski definition) is 1. The Morgan fingerprint density at radius 3 is 2.71 bits per heavy atom. The van der Waals surface area contributed by atoms with Gasteiger partial charge in [-0.15, -0.1) is 0 Å². The van der Waals surface area contributed by atoms with Crippen LogP contribution >= 0.6 is 11.3 Å². The van der Waals surface area contributed by atoms with Crippen molar-refractivity contribution in [1.29, 1.82) is 0 Å². The SMILES string of the molecule is CC(=O)Nc1nc(C)c(-c2cnn(S(=O)(=O)c3cn(C)cn3)c2)s1.